The Morgan fingerprint density at radius 2 is 2.11 bits per heavy atom. The van der Waals surface area contributed by atoms with Crippen LogP contribution in [0.4, 0.5) is 0 Å². The van der Waals surface area contributed by atoms with E-state index in [0.29, 0.717) is 12.2 Å². The van der Waals surface area contributed by atoms with Crippen molar-refractivity contribution in [2.24, 2.45) is 0 Å². The number of nitrogens with zero attached hydrogens (tertiary/aromatic N) is 3. The van der Waals surface area contributed by atoms with Gasteiger partial charge < -0.3 is 10.2 Å². The van der Waals surface area contributed by atoms with E-state index in [2.05, 4.69) is 15.3 Å². The lowest BCUT2D eigenvalue weighted by Gasteiger charge is -2.19. The minimum atomic E-state index is -0.339. The summed E-state index contributed by atoms with van der Waals surface area (Å²) in [6.45, 7) is 3.91. The standard InChI is InChI=1S/C11H15ClN4O2/c1-4-16(6-9(17)13-3)10(18)8-5-7(2)14-11(12)15-8/h5H,4,6H2,1-3H3,(H,13,17). The Hall–Kier alpha value is -1.69. The SMILES string of the molecule is CCN(CC(=O)NC)C(=O)c1cc(C)nc(Cl)n1. The summed E-state index contributed by atoms with van der Waals surface area (Å²) in [5, 5.41) is 2.49. The second kappa shape index (κ2) is 6.30. The number of likely N-dealkylation sites (N-methyl/N-ethyl adjacent to an activating group) is 2. The second-order valence-corrected chi connectivity index (χ2v) is 3.99. The summed E-state index contributed by atoms with van der Waals surface area (Å²) in [5.41, 5.74) is 0.799. The number of carbonyl (C=O) groups is 2. The molecule has 6 nitrogen and oxygen atoms in total. The van der Waals surface area contributed by atoms with Crippen LogP contribution >= 0.6 is 11.6 Å². The quantitative estimate of drug-likeness (QED) is 0.815. The van der Waals surface area contributed by atoms with Gasteiger partial charge in [0.05, 0.1) is 6.54 Å². The summed E-state index contributed by atoms with van der Waals surface area (Å²) >= 11 is 5.70. The first-order valence-electron chi connectivity index (χ1n) is 5.49. The van der Waals surface area contributed by atoms with Gasteiger partial charge in [-0.25, -0.2) is 9.97 Å². The zero-order valence-electron chi connectivity index (χ0n) is 10.5. The van der Waals surface area contributed by atoms with Crippen LogP contribution in [0.15, 0.2) is 6.07 Å². The zero-order valence-corrected chi connectivity index (χ0v) is 11.3. The normalized spacial score (nSPS) is 10.0. The highest BCUT2D eigenvalue weighted by Crippen LogP contribution is 2.08. The van der Waals surface area contributed by atoms with Crippen molar-refractivity contribution in [1.82, 2.24) is 20.2 Å². The first-order chi connectivity index (χ1) is 8.47. The lowest BCUT2D eigenvalue weighted by atomic mass is 10.3. The van der Waals surface area contributed by atoms with Crippen LogP contribution in [0.1, 0.15) is 23.1 Å². The van der Waals surface area contributed by atoms with Gasteiger partial charge in [0.1, 0.15) is 5.69 Å². The summed E-state index contributed by atoms with van der Waals surface area (Å²) < 4.78 is 0. The highest BCUT2D eigenvalue weighted by Gasteiger charge is 2.18. The van der Waals surface area contributed by atoms with Crippen molar-refractivity contribution in [3.63, 3.8) is 0 Å². The Bertz CT molecular complexity index is 444. The van der Waals surface area contributed by atoms with Crippen LogP contribution < -0.4 is 5.32 Å². The van der Waals surface area contributed by atoms with Gasteiger partial charge in [-0.05, 0) is 31.5 Å². The molecule has 98 valence electrons. The molecule has 0 aliphatic carbocycles. The van der Waals surface area contributed by atoms with Crippen molar-refractivity contribution in [2.75, 3.05) is 20.1 Å². The van der Waals surface area contributed by atoms with Gasteiger partial charge in [-0.2, -0.15) is 0 Å². The predicted octanol–water partition coefficient (Wildman–Crippen LogP) is 0.647. The topological polar surface area (TPSA) is 75.2 Å². The summed E-state index contributed by atoms with van der Waals surface area (Å²) in [4.78, 5) is 32.6. The molecule has 0 aliphatic heterocycles. The molecule has 0 spiro atoms. The number of halogens is 1. The maximum Gasteiger partial charge on any atom is 0.273 e. The molecule has 0 bridgehead atoms. The van der Waals surface area contributed by atoms with Gasteiger partial charge in [0.2, 0.25) is 11.2 Å². The number of hydrogen-bond donors (Lipinski definition) is 1. The van der Waals surface area contributed by atoms with Gasteiger partial charge >= 0.3 is 0 Å². The first kappa shape index (κ1) is 14.4. The van der Waals surface area contributed by atoms with Crippen molar-refractivity contribution in [2.45, 2.75) is 13.8 Å². The second-order valence-electron chi connectivity index (χ2n) is 3.66. The van der Waals surface area contributed by atoms with Gasteiger partial charge in [-0.15, -0.1) is 0 Å². The van der Waals surface area contributed by atoms with Gasteiger partial charge in [0.15, 0.2) is 0 Å². The molecule has 0 saturated heterocycles. The highest BCUT2D eigenvalue weighted by molar-refractivity contribution is 6.28. The van der Waals surface area contributed by atoms with Crippen LogP contribution in [0.5, 0.6) is 0 Å². The lowest BCUT2D eigenvalue weighted by molar-refractivity contribution is -0.121. The minimum absolute atomic E-state index is 0.00744. The molecular weight excluding hydrogens is 256 g/mol. The molecule has 2 amide bonds. The van der Waals surface area contributed by atoms with E-state index in [9.17, 15) is 9.59 Å². The summed E-state index contributed by atoms with van der Waals surface area (Å²) in [6.07, 6.45) is 0. The molecular formula is C11H15ClN4O2. The number of rotatable bonds is 4. The van der Waals surface area contributed by atoms with E-state index < -0.39 is 0 Å². The highest BCUT2D eigenvalue weighted by atomic mass is 35.5. The van der Waals surface area contributed by atoms with Crippen LogP contribution in [-0.2, 0) is 4.79 Å². The monoisotopic (exact) mass is 270 g/mol. The van der Waals surface area contributed by atoms with Crippen molar-refractivity contribution in [3.8, 4) is 0 Å². The average molecular weight is 271 g/mol. The molecule has 0 fully saturated rings. The summed E-state index contributed by atoms with van der Waals surface area (Å²) in [5.74, 6) is -0.574. The number of nitrogens with one attached hydrogen (secondary N) is 1. The van der Waals surface area contributed by atoms with Gasteiger partial charge in [-0.1, -0.05) is 0 Å². The maximum atomic E-state index is 12.1. The van der Waals surface area contributed by atoms with E-state index in [1.807, 2.05) is 0 Å². The Kier molecular flexibility index (Phi) is 5.03. The molecule has 1 heterocycles. The molecule has 7 heteroatoms. The van der Waals surface area contributed by atoms with Gasteiger partial charge in [0.25, 0.3) is 5.91 Å². The van der Waals surface area contributed by atoms with Crippen molar-refractivity contribution in [3.05, 3.63) is 22.7 Å². The average Bonchev–Trinajstić information content (AvgIpc) is 2.33. The van der Waals surface area contributed by atoms with Crippen LogP contribution in [-0.4, -0.2) is 46.8 Å². The molecule has 1 N–H and O–H groups in total. The fraction of sp³-hybridized carbons (Fsp3) is 0.455. The van der Waals surface area contributed by atoms with E-state index >= 15 is 0 Å². The molecule has 1 rings (SSSR count). The third-order valence-corrected chi connectivity index (χ3v) is 2.50. The zero-order chi connectivity index (χ0) is 13.7. The minimum Gasteiger partial charge on any atom is -0.358 e. The smallest absolute Gasteiger partial charge is 0.273 e. The van der Waals surface area contributed by atoms with Gasteiger partial charge in [-0.3, -0.25) is 9.59 Å². The number of amides is 2. The third kappa shape index (κ3) is 3.66. The number of carbonyl (C=O) groups excluding carboxylic acids is 2. The van der Waals surface area contributed by atoms with Crippen LogP contribution in [0, 0.1) is 6.92 Å². The van der Waals surface area contributed by atoms with Crippen LogP contribution in [0.25, 0.3) is 0 Å². The van der Waals surface area contributed by atoms with E-state index in [-0.39, 0.29) is 29.3 Å². The number of hydrogen-bond acceptors (Lipinski definition) is 4. The molecule has 18 heavy (non-hydrogen) atoms. The fourth-order valence-corrected chi connectivity index (χ4v) is 1.61. The predicted molar refractivity (Wildman–Crippen MR) is 67.4 cm³/mol. The van der Waals surface area contributed by atoms with E-state index in [4.69, 9.17) is 11.6 Å². The Balaban J connectivity index is 2.92. The largest absolute Gasteiger partial charge is 0.358 e. The fourth-order valence-electron chi connectivity index (χ4n) is 1.38. The molecule has 0 radical (unpaired) electrons. The molecule has 0 aromatic carbocycles. The Morgan fingerprint density at radius 1 is 1.44 bits per heavy atom. The van der Waals surface area contributed by atoms with Crippen LogP contribution in [0.3, 0.4) is 0 Å². The van der Waals surface area contributed by atoms with Gasteiger partial charge in [0, 0.05) is 19.3 Å². The number of aromatic nitrogens is 2. The van der Waals surface area contributed by atoms with Crippen molar-refractivity contribution in [1.29, 1.82) is 0 Å². The Morgan fingerprint density at radius 3 is 2.61 bits per heavy atom. The van der Waals surface area contributed by atoms with E-state index in [0.717, 1.165) is 0 Å². The first-order valence-corrected chi connectivity index (χ1v) is 5.86. The van der Waals surface area contributed by atoms with Crippen molar-refractivity contribution < 1.29 is 9.59 Å². The van der Waals surface area contributed by atoms with E-state index in [1.165, 1.54) is 11.9 Å². The summed E-state index contributed by atoms with van der Waals surface area (Å²) in [7, 11) is 1.52. The molecule has 0 atom stereocenters. The maximum absolute atomic E-state index is 12.1. The molecule has 1 aromatic rings. The third-order valence-electron chi connectivity index (χ3n) is 2.33. The Labute approximate surface area is 110 Å². The summed E-state index contributed by atoms with van der Waals surface area (Å²) in [6, 6.07) is 1.54. The van der Waals surface area contributed by atoms with E-state index in [1.54, 1.807) is 19.9 Å². The molecule has 0 unspecified atom stereocenters. The molecule has 0 saturated carbocycles. The van der Waals surface area contributed by atoms with Crippen LogP contribution in [0.2, 0.25) is 5.28 Å². The molecule has 1 aromatic heterocycles. The molecule has 0 aliphatic rings. The lowest BCUT2D eigenvalue weighted by Crippen LogP contribution is -2.39. The van der Waals surface area contributed by atoms with Crippen molar-refractivity contribution >= 4 is 23.4 Å². The number of aryl methyl sites for hydroxylation is 1.